The van der Waals surface area contributed by atoms with Crippen molar-refractivity contribution in [2.24, 2.45) is 0 Å². The minimum Gasteiger partial charge on any atom is -0.370 e. The minimum atomic E-state index is -0.244. The normalized spacial score (nSPS) is 10.3. The molecule has 21 heavy (non-hydrogen) atoms. The molecule has 0 bridgehead atoms. The Labute approximate surface area is 129 Å². The second-order valence-electron chi connectivity index (χ2n) is 4.91. The summed E-state index contributed by atoms with van der Waals surface area (Å²) in [6.07, 6.45) is 1.48. The van der Waals surface area contributed by atoms with Gasteiger partial charge in [-0.25, -0.2) is 4.98 Å². The van der Waals surface area contributed by atoms with E-state index in [-0.39, 0.29) is 5.91 Å². The summed E-state index contributed by atoms with van der Waals surface area (Å²) in [6, 6.07) is 7.55. The molecule has 5 heteroatoms. The van der Waals surface area contributed by atoms with Crippen molar-refractivity contribution in [3.63, 3.8) is 0 Å². The maximum absolute atomic E-state index is 12.4. The highest BCUT2D eigenvalue weighted by molar-refractivity contribution is 6.34. The van der Waals surface area contributed by atoms with Crippen molar-refractivity contribution in [3.05, 3.63) is 52.2 Å². The molecule has 0 atom stereocenters. The van der Waals surface area contributed by atoms with Crippen molar-refractivity contribution in [1.82, 2.24) is 4.98 Å². The molecule has 0 aliphatic rings. The summed E-state index contributed by atoms with van der Waals surface area (Å²) >= 11 is 6.07. The van der Waals surface area contributed by atoms with Crippen LogP contribution in [0.3, 0.4) is 0 Å². The molecule has 0 saturated carbocycles. The lowest BCUT2D eigenvalue weighted by molar-refractivity contribution is 0.102. The molecule has 2 N–H and O–H groups in total. The van der Waals surface area contributed by atoms with Gasteiger partial charge in [-0.1, -0.05) is 17.7 Å². The molecular formula is C16H18ClN3O. The number of carbonyl (C=O) groups is 1. The van der Waals surface area contributed by atoms with Gasteiger partial charge in [0.25, 0.3) is 5.91 Å². The number of pyridine rings is 1. The van der Waals surface area contributed by atoms with Gasteiger partial charge in [-0.3, -0.25) is 4.79 Å². The maximum Gasteiger partial charge on any atom is 0.257 e. The zero-order chi connectivity index (χ0) is 15.4. The molecule has 0 aliphatic carbocycles. The van der Waals surface area contributed by atoms with Gasteiger partial charge in [-0.2, -0.15) is 0 Å². The molecule has 1 aromatic carbocycles. The molecule has 0 fully saturated rings. The third-order valence-electron chi connectivity index (χ3n) is 2.94. The third kappa shape index (κ3) is 3.95. The average molecular weight is 304 g/mol. The number of nitrogens with zero attached hydrogens (tertiary/aromatic N) is 1. The van der Waals surface area contributed by atoms with E-state index in [1.807, 2.05) is 32.9 Å². The first kappa shape index (κ1) is 15.3. The lowest BCUT2D eigenvalue weighted by atomic mass is 10.1. The van der Waals surface area contributed by atoms with Gasteiger partial charge in [0.15, 0.2) is 0 Å². The minimum absolute atomic E-state index is 0.244. The number of amides is 1. The number of rotatable bonds is 4. The lowest BCUT2D eigenvalue weighted by Crippen LogP contribution is -2.14. The predicted octanol–water partition coefficient (Wildman–Crippen LogP) is 4.04. The Morgan fingerprint density at radius 1 is 1.19 bits per heavy atom. The Morgan fingerprint density at radius 2 is 1.86 bits per heavy atom. The van der Waals surface area contributed by atoms with Crippen LogP contribution in [0.4, 0.5) is 11.5 Å². The van der Waals surface area contributed by atoms with Crippen molar-refractivity contribution < 1.29 is 4.79 Å². The van der Waals surface area contributed by atoms with Crippen LogP contribution < -0.4 is 10.6 Å². The standard InChI is InChI=1S/C16H18ClN3O/c1-4-18-15-8-13(14(17)9-19-15)16(21)20-12-6-10(2)5-11(3)7-12/h5-9H,4H2,1-3H3,(H,18,19)(H,20,21). The molecule has 1 amide bonds. The van der Waals surface area contributed by atoms with Gasteiger partial charge in [0.1, 0.15) is 5.82 Å². The van der Waals surface area contributed by atoms with Crippen molar-refractivity contribution in [2.75, 3.05) is 17.2 Å². The summed E-state index contributed by atoms with van der Waals surface area (Å²) in [7, 11) is 0. The molecule has 1 aromatic heterocycles. The highest BCUT2D eigenvalue weighted by Gasteiger charge is 2.12. The zero-order valence-corrected chi connectivity index (χ0v) is 13.1. The Morgan fingerprint density at radius 3 is 2.48 bits per heavy atom. The van der Waals surface area contributed by atoms with Gasteiger partial charge in [-0.05, 0) is 50.1 Å². The molecule has 0 unspecified atom stereocenters. The third-order valence-corrected chi connectivity index (χ3v) is 3.24. The fraction of sp³-hybridized carbons (Fsp3) is 0.250. The summed E-state index contributed by atoms with van der Waals surface area (Å²) in [5, 5.41) is 6.27. The van der Waals surface area contributed by atoms with Gasteiger partial charge in [-0.15, -0.1) is 0 Å². The number of hydrogen-bond acceptors (Lipinski definition) is 3. The molecule has 2 aromatic rings. The quantitative estimate of drug-likeness (QED) is 0.896. The monoisotopic (exact) mass is 303 g/mol. The predicted molar refractivity (Wildman–Crippen MR) is 87.3 cm³/mol. The van der Waals surface area contributed by atoms with E-state index in [9.17, 15) is 4.79 Å². The number of hydrogen-bond donors (Lipinski definition) is 2. The first-order chi connectivity index (χ1) is 9.99. The van der Waals surface area contributed by atoms with Crippen LogP contribution in [0.15, 0.2) is 30.5 Å². The molecule has 0 saturated heterocycles. The first-order valence-electron chi connectivity index (χ1n) is 6.78. The van der Waals surface area contributed by atoms with Gasteiger partial charge in [0.05, 0.1) is 10.6 Å². The summed E-state index contributed by atoms with van der Waals surface area (Å²) in [6.45, 7) is 6.68. The smallest absolute Gasteiger partial charge is 0.257 e. The number of halogens is 1. The summed E-state index contributed by atoms with van der Waals surface area (Å²) in [4.78, 5) is 16.5. The van der Waals surface area contributed by atoms with Gasteiger partial charge in [0.2, 0.25) is 0 Å². The van der Waals surface area contributed by atoms with Crippen LogP contribution in [0.25, 0.3) is 0 Å². The molecule has 0 spiro atoms. The molecule has 1 heterocycles. The van der Waals surface area contributed by atoms with Gasteiger partial charge in [0, 0.05) is 18.4 Å². The molecule has 0 radical (unpaired) electrons. The van der Waals surface area contributed by atoms with E-state index in [1.165, 1.54) is 6.20 Å². The second kappa shape index (κ2) is 6.59. The Balaban J connectivity index is 2.25. The summed E-state index contributed by atoms with van der Waals surface area (Å²) in [5.41, 5.74) is 3.36. The van der Waals surface area contributed by atoms with Crippen molar-refractivity contribution in [1.29, 1.82) is 0 Å². The fourth-order valence-electron chi connectivity index (χ4n) is 2.14. The molecular weight excluding hydrogens is 286 g/mol. The second-order valence-corrected chi connectivity index (χ2v) is 5.32. The summed E-state index contributed by atoms with van der Waals surface area (Å²) < 4.78 is 0. The Kier molecular flexibility index (Phi) is 4.81. The van der Waals surface area contributed by atoms with Crippen LogP contribution in [0.5, 0.6) is 0 Å². The van der Waals surface area contributed by atoms with E-state index < -0.39 is 0 Å². The Hall–Kier alpha value is -2.07. The van der Waals surface area contributed by atoms with Crippen molar-refractivity contribution >= 4 is 29.0 Å². The van der Waals surface area contributed by atoms with Crippen LogP contribution in [-0.2, 0) is 0 Å². The van der Waals surface area contributed by atoms with Crippen LogP contribution >= 0.6 is 11.6 Å². The molecule has 4 nitrogen and oxygen atoms in total. The maximum atomic E-state index is 12.4. The highest BCUT2D eigenvalue weighted by Crippen LogP contribution is 2.21. The van der Waals surface area contributed by atoms with E-state index in [1.54, 1.807) is 6.07 Å². The van der Waals surface area contributed by atoms with Crippen molar-refractivity contribution in [2.45, 2.75) is 20.8 Å². The van der Waals surface area contributed by atoms with Crippen LogP contribution in [0.1, 0.15) is 28.4 Å². The fourth-order valence-corrected chi connectivity index (χ4v) is 2.32. The zero-order valence-electron chi connectivity index (χ0n) is 12.3. The average Bonchev–Trinajstić information content (AvgIpc) is 2.40. The summed E-state index contributed by atoms with van der Waals surface area (Å²) in [5.74, 6) is 0.388. The number of anilines is 2. The highest BCUT2D eigenvalue weighted by atomic mass is 35.5. The SMILES string of the molecule is CCNc1cc(C(=O)Nc2cc(C)cc(C)c2)c(Cl)cn1. The number of benzene rings is 1. The van der Waals surface area contributed by atoms with Crippen LogP contribution in [0, 0.1) is 13.8 Å². The van der Waals surface area contributed by atoms with Crippen molar-refractivity contribution in [3.8, 4) is 0 Å². The van der Waals surface area contributed by atoms with E-state index >= 15 is 0 Å². The topological polar surface area (TPSA) is 54.0 Å². The van der Waals surface area contributed by atoms with E-state index in [0.29, 0.717) is 16.4 Å². The number of aromatic nitrogens is 1. The molecule has 0 aliphatic heterocycles. The number of aryl methyl sites for hydroxylation is 2. The van der Waals surface area contributed by atoms with Gasteiger partial charge < -0.3 is 10.6 Å². The van der Waals surface area contributed by atoms with E-state index in [2.05, 4.69) is 21.7 Å². The number of carbonyl (C=O) groups excluding carboxylic acids is 1. The Bertz CT molecular complexity index is 650. The van der Waals surface area contributed by atoms with E-state index in [0.717, 1.165) is 23.4 Å². The lowest BCUT2D eigenvalue weighted by Gasteiger charge is -2.10. The van der Waals surface area contributed by atoms with Crippen LogP contribution in [0.2, 0.25) is 5.02 Å². The van der Waals surface area contributed by atoms with Crippen LogP contribution in [-0.4, -0.2) is 17.4 Å². The van der Waals surface area contributed by atoms with Gasteiger partial charge >= 0.3 is 0 Å². The molecule has 2 rings (SSSR count). The van der Waals surface area contributed by atoms with E-state index in [4.69, 9.17) is 11.6 Å². The first-order valence-corrected chi connectivity index (χ1v) is 7.16. The largest absolute Gasteiger partial charge is 0.370 e. The molecule has 110 valence electrons. The number of nitrogens with one attached hydrogen (secondary N) is 2.